The van der Waals surface area contributed by atoms with Gasteiger partial charge in [0.15, 0.2) is 23.6 Å². The van der Waals surface area contributed by atoms with E-state index in [1.807, 2.05) is 0 Å². The zero-order valence-corrected chi connectivity index (χ0v) is 36.2. The van der Waals surface area contributed by atoms with E-state index in [-0.39, 0.29) is 35.3 Å². The van der Waals surface area contributed by atoms with Crippen molar-refractivity contribution in [3.63, 3.8) is 0 Å². The number of fused-ring (bicyclic) bond motifs is 5. The molecule has 3 aliphatic carbocycles. The number of Topliss-reactive ketones (excluding diaryl/α,β-unsaturated/α-hetero) is 1. The molecule has 11 atom stereocenters. The van der Waals surface area contributed by atoms with Crippen LogP contribution < -0.4 is 5.32 Å². The molecule has 15 nitrogen and oxygen atoms in total. The Bertz CT molecular complexity index is 2330. The zero-order valence-electron chi connectivity index (χ0n) is 36.2. The maximum absolute atomic E-state index is 15.6. The highest BCUT2D eigenvalue weighted by molar-refractivity contribution is 5.96. The molecule has 63 heavy (non-hydrogen) atoms. The Labute approximate surface area is 364 Å². The Kier molecular flexibility index (Phi) is 11.8. The summed E-state index contributed by atoms with van der Waals surface area (Å²) in [6.45, 7) is 9.38. The van der Waals surface area contributed by atoms with E-state index in [0.717, 1.165) is 13.8 Å². The van der Waals surface area contributed by atoms with Gasteiger partial charge in [-0.05, 0) is 61.7 Å². The van der Waals surface area contributed by atoms with Crippen molar-refractivity contribution in [2.45, 2.75) is 115 Å². The number of nitrogens with one attached hydrogen (secondary N) is 1. The number of ketones is 1. The number of hydrogen-bond acceptors (Lipinski definition) is 14. The summed E-state index contributed by atoms with van der Waals surface area (Å²) in [5.74, 6) is -6.93. The van der Waals surface area contributed by atoms with E-state index in [2.05, 4.69) is 5.32 Å². The number of aliphatic hydroxyl groups excluding tert-OH is 2. The second kappa shape index (κ2) is 16.4. The molecule has 0 unspecified atom stereocenters. The third kappa shape index (κ3) is 7.24. The monoisotopic (exact) mass is 867 g/mol. The zero-order chi connectivity index (χ0) is 45.9. The van der Waals surface area contributed by atoms with Crippen LogP contribution in [-0.2, 0) is 42.9 Å². The minimum atomic E-state index is -2.45. The number of esters is 4. The van der Waals surface area contributed by atoms with Crippen LogP contribution in [0.3, 0.4) is 0 Å². The summed E-state index contributed by atoms with van der Waals surface area (Å²) in [4.78, 5) is 84.1. The maximum Gasteiger partial charge on any atom is 0.338 e. The first kappa shape index (κ1) is 45.3. The van der Waals surface area contributed by atoms with Crippen molar-refractivity contribution < 1.29 is 67.8 Å². The van der Waals surface area contributed by atoms with Gasteiger partial charge in [-0.3, -0.25) is 19.2 Å². The van der Waals surface area contributed by atoms with Crippen LogP contribution in [0.1, 0.15) is 93.6 Å². The molecule has 0 radical (unpaired) electrons. The average Bonchev–Trinajstić information content (AvgIpc) is 3.24. The number of benzene rings is 3. The van der Waals surface area contributed by atoms with Crippen LogP contribution in [-0.4, -0.2) is 105 Å². The Morgan fingerprint density at radius 1 is 0.810 bits per heavy atom. The summed E-state index contributed by atoms with van der Waals surface area (Å²) in [5.41, 5.74) is -9.57. The molecule has 1 amide bonds. The van der Waals surface area contributed by atoms with Gasteiger partial charge in [0, 0.05) is 37.7 Å². The van der Waals surface area contributed by atoms with Gasteiger partial charge in [-0.1, -0.05) is 80.6 Å². The topological polar surface area (TPSA) is 221 Å². The van der Waals surface area contributed by atoms with Gasteiger partial charge in [0.05, 0.1) is 35.6 Å². The number of ether oxygens (including phenoxy) is 5. The minimum absolute atomic E-state index is 0.0110. The predicted octanol–water partition coefficient (Wildman–Crippen LogP) is 4.13. The molecule has 4 aliphatic rings. The summed E-state index contributed by atoms with van der Waals surface area (Å²) >= 11 is 0. The van der Waals surface area contributed by atoms with Crippen molar-refractivity contribution in [1.29, 1.82) is 0 Å². The maximum atomic E-state index is 15.6. The van der Waals surface area contributed by atoms with Crippen LogP contribution in [0.2, 0.25) is 0 Å². The fourth-order valence-electron chi connectivity index (χ4n) is 10.9. The first-order valence-corrected chi connectivity index (χ1v) is 20.9. The summed E-state index contributed by atoms with van der Waals surface area (Å²) in [6, 6.07) is 22.9. The van der Waals surface area contributed by atoms with Crippen molar-refractivity contribution in [2.24, 2.45) is 16.7 Å². The number of carbonyl (C=O) groups excluding carboxylic acids is 6. The quantitative estimate of drug-likeness (QED) is 0.128. The molecule has 1 saturated heterocycles. The van der Waals surface area contributed by atoms with E-state index < -0.39 is 112 Å². The number of carbonyl (C=O) groups is 6. The van der Waals surface area contributed by atoms with E-state index in [1.165, 1.54) is 32.9 Å². The second-order valence-electron chi connectivity index (χ2n) is 17.9. The van der Waals surface area contributed by atoms with Crippen LogP contribution in [0, 0.1) is 16.7 Å². The molecule has 4 N–H and O–H groups in total. The molecule has 2 saturated carbocycles. The summed E-state index contributed by atoms with van der Waals surface area (Å²) in [7, 11) is 0. The number of aliphatic hydroxyl groups is 3. The van der Waals surface area contributed by atoms with Crippen LogP contribution in [0.4, 0.5) is 0 Å². The molecule has 0 aromatic heterocycles. The van der Waals surface area contributed by atoms with Gasteiger partial charge in [-0.15, -0.1) is 0 Å². The molecule has 2 bridgehead atoms. The van der Waals surface area contributed by atoms with Crippen molar-refractivity contribution in [1.82, 2.24) is 5.32 Å². The van der Waals surface area contributed by atoms with Gasteiger partial charge < -0.3 is 44.3 Å². The normalized spacial score (nSPS) is 32.7. The van der Waals surface area contributed by atoms with Crippen molar-refractivity contribution >= 4 is 35.6 Å². The standard InChI is InChI=1S/C48H53NO14/c1-26-32(61-42(57)37(53)36(29-17-11-8-12-18-29)49-40(55)30-19-13-9-14-20-30)24-48(58)44(4,5)35(26)38(60-27(2)50)39(54)45(6)33(52)23-34-47(25-59-34,62-28(3)51)43(45)46(48,7)63-41(56)31-21-15-10-16-22-31/h8-22,32-34,36-38,43,52-53,58H,23-25H2,1-7H3,(H,49,55)/t32-,33-,34+,36-,37+,38+,43+,45-,46+,47-,48-/m0/s1. The van der Waals surface area contributed by atoms with Crippen molar-refractivity contribution in [3.05, 3.63) is 119 Å². The van der Waals surface area contributed by atoms with Crippen molar-refractivity contribution in [3.8, 4) is 0 Å². The van der Waals surface area contributed by atoms with Crippen LogP contribution in [0.15, 0.2) is 102 Å². The number of amides is 1. The highest BCUT2D eigenvalue weighted by atomic mass is 16.6. The Balaban J connectivity index is 1.42. The third-order valence-corrected chi connectivity index (χ3v) is 14.0. The van der Waals surface area contributed by atoms with Crippen LogP contribution in [0.25, 0.3) is 0 Å². The van der Waals surface area contributed by atoms with E-state index >= 15 is 4.79 Å². The van der Waals surface area contributed by atoms with E-state index in [0.29, 0.717) is 5.56 Å². The largest absolute Gasteiger partial charge is 0.456 e. The van der Waals surface area contributed by atoms with Gasteiger partial charge >= 0.3 is 23.9 Å². The lowest BCUT2D eigenvalue weighted by atomic mass is 9.41. The first-order chi connectivity index (χ1) is 29.6. The van der Waals surface area contributed by atoms with E-state index in [9.17, 15) is 39.3 Å². The molecule has 3 aromatic rings. The lowest BCUT2D eigenvalue weighted by Crippen LogP contribution is -2.85. The molecule has 1 aliphatic heterocycles. The Hall–Kier alpha value is -5.74. The van der Waals surface area contributed by atoms with E-state index in [1.54, 1.807) is 92.7 Å². The predicted molar refractivity (Wildman–Crippen MR) is 222 cm³/mol. The molecular weight excluding hydrogens is 815 g/mol. The molecule has 15 heteroatoms. The van der Waals surface area contributed by atoms with Gasteiger partial charge in [0.2, 0.25) is 0 Å². The fraction of sp³-hybridized carbons (Fsp3) is 0.458. The molecular formula is C48H53NO14. The van der Waals surface area contributed by atoms with Crippen molar-refractivity contribution in [2.75, 3.05) is 6.61 Å². The fourth-order valence-corrected chi connectivity index (χ4v) is 10.9. The van der Waals surface area contributed by atoms with E-state index in [4.69, 9.17) is 23.7 Å². The lowest BCUT2D eigenvalue weighted by Gasteiger charge is -2.70. The highest BCUT2D eigenvalue weighted by Gasteiger charge is 2.82. The summed E-state index contributed by atoms with van der Waals surface area (Å²) < 4.78 is 30.6. The number of rotatable bonds is 10. The minimum Gasteiger partial charge on any atom is -0.456 e. The summed E-state index contributed by atoms with van der Waals surface area (Å²) in [5, 5.41) is 40.7. The van der Waals surface area contributed by atoms with Crippen LogP contribution in [0.5, 0.6) is 0 Å². The highest BCUT2D eigenvalue weighted by Crippen LogP contribution is 2.68. The molecule has 3 fully saturated rings. The van der Waals surface area contributed by atoms with Crippen LogP contribution >= 0.6 is 0 Å². The smallest absolute Gasteiger partial charge is 0.338 e. The van der Waals surface area contributed by atoms with Gasteiger partial charge in [0.1, 0.15) is 23.4 Å². The molecule has 7 rings (SSSR count). The van der Waals surface area contributed by atoms with Gasteiger partial charge in [0.25, 0.3) is 5.91 Å². The first-order valence-electron chi connectivity index (χ1n) is 20.9. The third-order valence-electron chi connectivity index (χ3n) is 14.0. The SMILES string of the molecule is CC(=O)O[C@H]1C(=O)[C@@]2(C)[C@@H]([C@]3(OC(C)=O)CO[C@@H]3C[C@@H]2O)[C@@](C)(OC(=O)c2ccccc2)[C@]2(O)C[C@H](OC(=O)[C@H](O)[C@@H](NC(=O)c3ccccc3)c3ccccc3)C(C)=C1C2(C)C. The number of hydrogen-bond donors (Lipinski definition) is 4. The Morgan fingerprint density at radius 3 is 1.92 bits per heavy atom. The van der Waals surface area contributed by atoms with Gasteiger partial charge in [-0.25, -0.2) is 9.59 Å². The Morgan fingerprint density at radius 2 is 1.38 bits per heavy atom. The molecule has 334 valence electrons. The molecule has 1 heterocycles. The lowest BCUT2D eigenvalue weighted by molar-refractivity contribution is -0.365. The summed E-state index contributed by atoms with van der Waals surface area (Å²) in [6.07, 6.45) is -8.81. The second-order valence-corrected chi connectivity index (χ2v) is 17.9. The average molecular weight is 868 g/mol. The molecule has 0 spiro atoms. The molecule has 3 aromatic carbocycles. The van der Waals surface area contributed by atoms with Gasteiger partial charge in [-0.2, -0.15) is 0 Å².